The van der Waals surface area contributed by atoms with Crippen LogP contribution in [0.25, 0.3) is 11.3 Å². The third-order valence-corrected chi connectivity index (χ3v) is 6.09. The summed E-state index contributed by atoms with van der Waals surface area (Å²) in [7, 11) is 0. The molecule has 1 aliphatic rings. The maximum Gasteiger partial charge on any atom is 0.257 e. The van der Waals surface area contributed by atoms with Crippen molar-refractivity contribution in [3.8, 4) is 11.3 Å². The lowest BCUT2D eigenvalue weighted by molar-refractivity contribution is -0.121. The topological polar surface area (TPSA) is 79.4 Å². The summed E-state index contributed by atoms with van der Waals surface area (Å²) in [5.74, 6) is -0.819. The zero-order valence-corrected chi connectivity index (χ0v) is 18.3. The second kappa shape index (κ2) is 8.81. The van der Waals surface area contributed by atoms with Crippen LogP contribution in [0.1, 0.15) is 47.0 Å². The number of thiazole rings is 1. The number of imide groups is 1. The lowest BCUT2D eigenvalue weighted by Crippen LogP contribution is -2.28. The molecule has 2 aromatic carbocycles. The normalized spacial score (nSPS) is 13.7. The number of anilines is 2. The van der Waals surface area contributed by atoms with Gasteiger partial charge >= 0.3 is 0 Å². The summed E-state index contributed by atoms with van der Waals surface area (Å²) in [6, 6.07) is 14.9. The quantitative estimate of drug-likeness (QED) is 0.556. The van der Waals surface area contributed by atoms with Gasteiger partial charge in [-0.05, 0) is 37.1 Å². The fourth-order valence-corrected chi connectivity index (χ4v) is 4.49. The van der Waals surface area contributed by atoms with Gasteiger partial charge in [0.15, 0.2) is 5.13 Å². The Morgan fingerprint density at radius 2 is 1.81 bits per heavy atom. The molecule has 1 fully saturated rings. The molecule has 2 heterocycles. The number of hydrogen-bond donors (Lipinski definition) is 1. The van der Waals surface area contributed by atoms with Gasteiger partial charge in [0, 0.05) is 28.8 Å². The van der Waals surface area contributed by atoms with Crippen molar-refractivity contribution in [1.29, 1.82) is 0 Å². The van der Waals surface area contributed by atoms with Crippen molar-refractivity contribution in [3.63, 3.8) is 0 Å². The van der Waals surface area contributed by atoms with Gasteiger partial charge in [-0.25, -0.2) is 4.98 Å². The maximum absolute atomic E-state index is 12.8. The number of aromatic nitrogens is 1. The van der Waals surface area contributed by atoms with Gasteiger partial charge in [0.1, 0.15) is 0 Å². The third kappa shape index (κ3) is 4.41. The number of nitrogens with one attached hydrogen (secondary N) is 1. The summed E-state index contributed by atoms with van der Waals surface area (Å²) in [6.07, 6.45) is 2.56. The van der Waals surface area contributed by atoms with E-state index in [0.717, 1.165) is 33.9 Å². The molecule has 6 nitrogen and oxygen atoms in total. The summed E-state index contributed by atoms with van der Waals surface area (Å²) >= 11 is 1.42. The standard InChI is InChI=1S/C24H23N3O3S/c1-3-5-16-8-10-17(11-9-16)22-15(2)31-24(25-22)26-23(30)18-6-4-7-19(14-18)27-20(28)12-13-21(27)29/h4,6-11,14H,3,5,12-13H2,1-2H3,(H,25,26,30). The molecule has 3 aromatic rings. The van der Waals surface area contributed by atoms with Gasteiger partial charge in [0.25, 0.3) is 5.91 Å². The van der Waals surface area contributed by atoms with Crippen molar-refractivity contribution in [3.05, 3.63) is 64.5 Å². The van der Waals surface area contributed by atoms with E-state index in [1.165, 1.54) is 16.9 Å². The Labute approximate surface area is 184 Å². The second-order valence-electron chi connectivity index (χ2n) is 7.50. The van der Waals surface area contributed by atoms with E-state index in [0.29, 0.717) is 16.4 Å². The summed E-state index contributed by atoms with van der Waals surface area (Å²) in [6.45, 7) is 4.14. The Morgan fingerprint density at radius 3 is 2.48 bits per heavy atom. The first-order chi connectivity index (χ1) is 15.0. The molecule has 158 valence electrons. The fraction of sp³-hybridized carbons (Fsp3) is 0.250. The van der Waals surface area contributed by atoms with E-state index in [1.807, 2.05) is 6.92 Å². The molecule has 1 aliphatic heterocycles. The van der Waals surface area contributed by atoms with Crippen molar-refractivity contribution in [1.82, 2.24) is 4.98 Å². The van der Waals surface area contributed by atoms with Crippen LogP contribution in [0.3, 0.4) is 0 Å². The molecule has 7 heteroatoms. The molecule has 0 saturated carbocycles. The third-order valence-electron chi connectivity index (χ3n) is 5.20. The van der Waals surface area contributed by atoms with Crippen molar-refractivity contribution in [2.45, 2.75) is 39.5 Å². The van der Waals surface area contributed by atoms with Crippen molar-refractivity contribution in [2.75, 3.05) is 10.2 Å². The molecule has 0 aliphatic carbocycles. The first kappa shape index (κ1) is 20.9. The van der Waals surface area contributed by atoms with Gasteiger partial charge in [-0.1, -0.05) is 43.7 Å². The van der Waals surface area contributed by atoms with Crippen molar-refractivity contribution < 1.29 is 14.4 Å². The molecule has 1 aromatic heterocycles. The Kier molecular flexibility index (Phi) is 5.95. The molecule has 31 heavy (non-hydrogen) atoms. The number of aryl methyl sites for hydroxylation is 2. The minimum absolute atomic E-state index is 0.204. The van der Waals surface area contributed by atoms with Crippen LogP contribution in [0.15, 0.2) is 48.5 Å². The van der Waals surface area contributed by atoms with Gasteiger partial charge in [0.2, 0.25) is 11.8 Å². The van der Waals surface area contributed by atoms with Crippen molar-refractivity contribution >= 4 is 39.9 Å². The monoisotopic (exact) mass is 433 g/mol. The van der Waals surface area contributed by atoms with Crippen LogP contribution in [0, 0.1) is 6.92 Å². The first-order valence-electron chi connectivity index (χ1n) is 10.3. The van der Waals surface area contributed by atoms with Gasteiger partial charge in [-0.15, -0.1) is 11.3 Å². The van der Waals surface area contributed by atoms with Crippen LogP contribution >= 0.6 is 11.3 Å². The SMILES string of the molecule is CCCc1ccc(-c2nc(NC(=O)c3cccc(N4C(=O)CCC4=O)c3)sc2C)cc1. The predicted molar refractivity (Wildman–Crippen MR) is 122 cm³/mol. The average Bonchev–Trinajstić information content (AvgIpc) is 3.30. The van der Waals surface area contributed by atoms with Crippen molar-refractivity contribution in [2.24, 2.45) is 0 Å². The van der Waals surface area contributed by atoms with E-state index in [4.69, 9.17) is 0 Å². The van der Waals surface area contributed by atoms with Crippen LogP contribution in [-0.2, 0) is 16.0 Å². The van der Waals surface area contributed by atoms with Crippen LogP contribution in [0.4, 0.5) is 10.8 Å². The predicted octanol–water partition coefficient (Wildman–Crippen LogP) is 4.98. The largest absolute Gasteiger partial charge is 0.298 e. The highest BCUT2D eigenvalue weighted by molar-refractivity contribution is 7.16. The van der Waals surface area contributed by atoms with Crippen LogP contribution in [0.5, 0.6) is 0 Å². The Balaban J connectivity index is 1.52. The zero-order chi connectivity index (χ0) is 22.0. The molecule has 1 saturated heterocycles. The van der Waals surface area contributed by atoms with E-state index >= 15 is 0 Å². The van der Waals surface area contributed by atoms with Gasteiger partial charge in [-0.2, -0.15) is 0 Å². The summed E-state index contributed by atoms with van der Waals surface area (Å²) in [5.41, 5.74) is 3.95. The molecule has 3 amide bonds. The molecular weight excluding hydrogens is 410 g/mol. The second-order valence-corrected chi connectivity index (χ2v) is 8.70. The molecule has 0 atom stereocenters. The van der Waals surface area contributed by atoms with Crippen LogP contribution in [-0.4, -0.2) is 22.7 Å². The Hall–Kier alpha value is -3.32. The minimum Gasteiger partial charge on any atom is -0.298 e. The van der Waals surface area contributed by atoms with Crippen LogP contribution in [0.2, 0.25) is 0 Å². The van der Waals surface area contributed by atoms with Gasteiger partial charge in [0.05, 0.1) is 11.4 Å². The van der Waals surface area contributed by atoms with Crippen LogP contribution < -0.4 is 10.2 Å². The Bertz CT molecular complexity index is 1140. The number of carbonyl (C=O) groups is 3. The summed E-state index contributed by atoms with van der Waals surface area (Å²) in [5, 5.41) is 3.35. The minimum atomic E-state index is -0.334. The summed E-state index contributed by atoms with van der Waals surface area (Å²) in [4.78, 5) is 43.5. The number of amides is 3. The first-order valence-corrected chi connectivity index (χ1v) is 11.1. The molecule has 4 rings (SSSR count). The molecule has 1 N–H and O–H groups in total. The van der Waals surface area contributed by atoms with E-state index in [2.05, 4.69) is 41.5 Å². The average molecular weight is 434 g/mol. The molecule has 0 radical (unpaired) electrons. The lowest BCUT2D eigenvalue weighted by Gasteiger charge is -2.14. The van der Waals surface area contributed by atoms with E-state index < -0.39 is 0 Å². The highest BCUT2D eigenvalue weighted by Crippen LogP contribution is 2.31. The molecule has 0 bridgehead atoms. The number of hydrogen-bond acceptors (Lipinski definition) is 5. The molecular formula is C24H23N3O3S. The zero-order valence-electron chi connectivity index (χ0n) is 17.5. The highest BCUT2D eigenvalue weighted by Gasteiger charge is 2.30. The van der Waals surface area contributed by atoms with Gasteiger partial charge in [-0.3, -0.25) is 24.6 Å². The highest BCUT2D eigenvalue weighted by atomic mass is 32.1. The fourth-order valence-electron chi connectivity index (χ4n) is 3.66. The number of rotatable bonds is 6. The lowest BCUT2D eigenvalue weighted by atomic mass is 10.1. The van der Waals surface area contributed by atoms with E-state index in [-0.39, 0.29) is 30.6 Å². The van der Waals surface area contributed by atoms with Gasteiger partial charge < -0.3 is 0 Å². The number of carbonyl (C=O) groups excluding carboxylic acids is 3. The molecule has 0 unspecified atom stereocenters. The maximum atomic E-state index is 12.8. The summed E-state index contributed by atoms with van der Waals surface area (Å²) < 4.78 is 0. The smallest absolute Gasteiger partial charge is 0.257 e. The Morgan fingerprint density at radius 1 is 1.10 bits per heavy atom. The van der Waals surface area contributed by atoms with E-state index in [9.17, 15) is 14.4 Å². The molecule has 0 spiro atoms. The van der Waals surface area contributed by atoms with E-state index in [1.54, 1.807) is 24.3 Å². The number of benzene rings is 2. The number of nitrogens with zero attached hydrogens (tertiary/aromatic N) is 2.